The average molecular weight is 263 g/mol. The summed E-state index contributed by atoms with van der Waals surface area (Å²) >= 11 is 0. The van der Waals surface area contributed by atoms with Gasteiger partial charge >= 0.3 is 0 Å². The average Bonchev–Trinajstić information content (AvgIpc) is 2.38. The number of pyridine rings is 1. The van der Waals surface area contributed by atoms with Gasteiger partial charge in [-0.1, -0.05) is 6.92 Å². The van der Waals surface area contributed by atoms with Crippen molar-refractivity contribution >= 4 is 5.69 Å². The molecule has 1 aliphatic heterocycles. The van der Waals surface area contributed by atoms with Crippen LogP contribution < -0.4 is 10.2 Å². The Kier molecular flexibility index (Phi) is 5.16. The van der Waals surface area contributed by atoms with Gasteiger partial charge in [-0.05, 0) is 38.4 Å². The van der Waals surface area contributed by atoms with E-state index in [1.165, 1.54) is 11.3 Å². The summed E-state index contributed by atoms with van der Waals surface area (Å²) in [5.74, 6) is 0. The molecule has 1 fully saturated rings. The molecule has 0 aliphatic carbocycles. The molecular weight excluding hydrogens is 238 g/mol. The largest absolute Gasteiger partial charge is 0.372 e. The first-order valence-corrected chi connectivity index (χ1v) is 7.24. The van der Waals surface area contributed by atoms with Gasteiger partial charge in [0.05, 0.1) is 24.1 Å². The van der Waals surface area contributed by atoms with E-state index in [0.29, 0.717) is 0 Å². The minimum Gasteiger partial charge on any atom is -0.372 e. The van der Waals surface area contributed by atoms with Gasteiger partial charge in [0, 0.05) is 25.8 Å². The van der Waals surface area contributed by atoms with E-state index >= 15 is 0 Å². The van der Waals surface area contributed by atoms with Gasteiger partial charge in [0.15, 0.2) is 0 Å². The zero-order chi connectivity index (χ0) is 13.7. The first-order chi connectivity index (χ1) is 9.20. The molecule has 2 unspecified atom stereocenters. The first kappa shape index (κ1) is 14.3. The molecule has 0 aromatic carbocycles. The van der Waals surface area contributed by atoms with Crippen molar-refractivity contribution in [3.63, 3.8) is 0 Å². The molecular formula is C15H25N3O. The number of morpholine rings is 1. The van der Waals surface area contributed by atoms with Gasteiger partial charge in [0.2, 0.25) is 0 Å². The molecule has 106 valence electrons. The Morgan fingerprint density at radius 2 is 2.11 bits per heavy atom. The molecule has 0 spiro atoms. The van der Waals surface area contributed by atoms with Crippen LogP contribution in [0, 0.1) is 0 Å². The lowest BCUT2D eigenvalue weighted by Gasteiger charge is -2.37. The molecule has 1 aromatic heterocycles. The predicted octanol–water partition coefficient (Wildman–Crippen LogP) is 2.19. The number of ether oxygens (including phenoxy) is 1. The van der Waals surface area contributed by atoms with Gasteiger partial charge in [-0.2, -0.15) is 0 Å². The molecule has 1 aliphatic rings. The fourth-order valence-electron chi connectivity index (χ4n) is 2.62. The molecule has 0 saturated carbocycles. The Hall–Kier alpha value is -1.13. The summed E-state index contributed by atoms with van der Waals surface area (Å²) in [5.41, 5.74) is 2.57. The second-order valence-electron chi connectivity index (χ2n) is 5.34. The minimum atomic E-state index is 0.278. The Bertz CT molecular complexity index is 387. The lowest BCUT2D eigenvalue weighted by molar-refractivity contribution is -0.00528. The molecule has 2 rings (SSSR count). The van der Waals surface area contributed by atoms with Crippen molar-refractivity contribution in [3.05, 3.63) is 24.0 Å². The third-order valence-electron chi connectivity index (χ3n) is 3.39. The second kappa shape index (κ2) is 6.87. The Balaban J connectivity index is 2.09. The normalized spacial score (nSPS) is 23.6. The Labute approximate surface area is 116 Å². The van der Waals surface area contributed by atoms with Crippen LogP contribution in [0.5, 0.6) is 0 Å². The number of hydrogen-bond donors (Lipinski definition) is 1. The van der Waals surface area contributed by atoms with E-state index in [9.17, 15) is 0 Å². The van der Waals surface area contributed by atoms with Crippen molar-refractivity contribution in [2.24, 2.45) is 0 Å². The van der Waals surface area contributed by atoms with E-state index in [1.54, 1.807) is 0 Å². The van der Waals surface area contributed by atoms with Gasteiger partial charge in [-0.3, -0.25) is 4.98 Å². The maximum atomic E-state index is 5.80. The maximum Gasteiger partial charge on any atom is 0.0726 e. The standard InChI is InChI=1S/C15H25N3O/c1-4-6-16-8-14-5-7-17-9-15(14)18-10-12(2)19-13(3)11-18/h5,7,9,12-13,16H,4,6,8,10-11H2,1-3H3. The Morgan fingerprint density at radius 1 is 1.37 bits per heavy atom. The monoisotopic (exact) mass is 263 g/mol. The molecule has 19 heavy (non-hydrogen) atoms. The number of rotatable bonds is 5. The third kappa shape index (κ3) is 3.91. The zero-order valence-corrected chi connectivity index (χ0v) is 12.2. The van der Waals surface area contributed by atoms with E-state index in [2.05, 4.69) is 42.0 Å². The second-order valence-corrected chi connectivity index (χ2v) is 5.34. The van der Waals surface area contributed by atoms with E-state index in [1.807, 2.05) is 12.4 Å². The van der Waals surface area contributed by atoms with Crippen LogP contribution in [0.3, 0.4) is 0 Å². The quantitative estimate of drug-likeness (QED) is 0.826. The smallest absolute Gasteiger partial charge is 0.0726 e. The van der Waals surface area contributed by atoms with Gasteiger partial charge in [-0.15, -0.1) is 0 Å². The molecule has 1 N–H and O–H groups in total. The van der Waals surface area contributed by atoms with Gasteiger partial charge in [-0.25, -0.2) is 0 Å². The highest BCUT2D eigenvalue weighted by molar-refractivity contribution is 5.52. The topological polar surface area (TPSA) is 37.4 Å². The summed E-state index contributed by atoms with van der Waals surface area (Å²) in [6.07, 6.45) is 5.57. The van der Waals surface area contributed by atoms with Gasteiger partial charge in [0.25, 0.3) is 0 Å². The number of hydrogen-bond acceptors (Lipinski definition) is 4. The molecule has 0 radical (unpaired) electrons. The zero-order valence-electron chi connectivity index (χ0n) is 12.2. The van der Waals surface area contributed by atoms with Crippen molar-refractivity contribution in [3.8, 4) is 0 Å². The number of aromatic nitrogens is 1. The van der Waals surface area contributed by atoms with Crippen LogP contribution >= 0.6 is 0 Å². The van der Waals surface area contributed by atoms with Crippen LogP contribution in [0.1, 0.15) is 32.8 Å². The van der Waals surface area contributed by atoms with Crippen LogP contribution in [0.15, 0.2) is 18.5 Å². The van der Waals surface area contributed by atoms with E-state index in [-0.39, 0.29) is 12.2 Å². The maximum absolute atomic E-state index is 5.80. The molecule has 4 heteroatoms. The van der Waals surface area contributed by atoms with Crippen LogP contribution in [0.25, 0.3) is 0 Å². The van der Waals surface area contributed by atoms with Crippen molar-refractivity contribution in [2.75, 3.05) is 24.5 Å². The fourth-order valence-corrected chi connectivity index (χ4v) is 2.62. The fraction of sp³-hybridized carbons (Fsp3) is 0.667. The summed E-state index contributed by atoms with van der Waals surface area (Å²) in [6.45, 7) is 10.3. The van der Waals surface area contributed by atoms with Crippen LogP contribution in [-0.2, 0) is 11.3 Å². The van der Waals surface area contributed by atoms with Crippen LogP contribution in [0.2, 0.25) is 0 Å². The summed E-state index contributed by atoms with van der Waals surface area (Å²) in [5, 5.41) is 3.47. The lowest BCUT2D eigenvalue weighted by Crippen LogP contribution is -2.46. The highest BCUT2D eigenvalue weighted by atomic mass is 16.5. The SMILES string of the molecule is CCCNCc1ccncc1N1CC(C)OC(C)C1. The van der Waals surface area contributed by atoms with Crippen molar-refractivity contribution in [2.45, 2.75) is 45.9 Å². The van der Waals surface area contributed by atoms with Crippen molar-refractivity contribution in [1.82, 2.24) is 10.3 Å². The Morgan fingerprint density at radius 3 is 2.79 bits per heavy atom. The minimum absolute atomic E-state index is 0.278. The van der Waals surface area contributed by atoms with Crippen molar-refractivity contribution < 1.29 is 4.74 Å². The predicted molar refractivity (Wildman–Crippen MR) is 78.5 cm³/mol. The summed E-state index contributed by atoms with van der Waals surface area (Å²) in [6, 6.07) is 2.11. The lowest BCUT2D eigenvalue weighted by atomic mass is 10.1. The number of anilines is 1. The van der Waals surface area contributed by atoms with E-state index in [4.69, 9.17) is 4.74 Å². The molecule has 1 saturated heterocycles. The summed E-state index contributed by atoms with van der Waals surface area (Å²) in [7, 11) is 0. The molecule has 4 nitrogen and oxygen atoms in total. The highest BCUT2D eigenvalue weighted by Crippen LogP contribution is 2.23. The summed E-state index contributed by atoms with van der Waals surface area (Å²) < 4.78 is 5.80. The molecule has 2 heterocycles. The molecule has 0 amide bonds. The molecule has 2 atom stereocenters. The molecule has 0 bridgehead atoms. The summed E-state index contributed by atoms with van der Waals surface area (Å²) in [4.78, 5) is 6.69. The van der Waals surface area contributed by atoms with Crippen LogP contribution in [0.4, 0.5) is 5.69 Å². The van der Waals surface area contributed by atoms with E-state index < -0.39 is 0 Å². The number of nitrogens with zero attached hydrogens (tertiary/aromatic N) is 2. The van der Waals surface area contributed by atoms with Gasteiger partial charge < -0.3 is 15.0 Å². The number of nitrogens with one attached hydrogen (secondary N) is 1. The highest BCUT2D eigenvalue weighted by Gasteiger charge is 2.23. The van der Waals surface area contributed by atoms with E-state index in [0.717, 1.165) is 32.6 Å². The third-order valence-corrected chi connectivity index (χ3v) is 3.39. The molecule has 1 aromatic rings. The first-order valence-electron chi connectivity index (χ1n) is 7.24. The van der Waals surface area contributed by atoms with Crippen LogP contribution in [-0.4, -0.2) is 36.8 Å². The van der Waals surface area contributed by atoms with Gasteiger partial charge in [0.1, 0.15) is 0 Å². The van der Waals surface area contributed by atoms with Crippen molar-refractivity contribution in [1.29, 1.82) is 0 Å².